The van der Waals surface area contributed by atoms with Crippen LogP contribution >= 0.6 is 0 Å². The summed E-state index contributed by atoms with van der Waals surface area (Å²) in [6, 6.07) is 0. The van der Waals surface area contributed by atoms with E-state index in [0.717, 1.165) is 0 Å². The number of cyclic esters (lactones) is 2. The molecule has 1 aliphatic rings. The van der Waals surface area contributed by atoms with Crippen LogP contribution in [0.25, 0.3) is 0 Å². The highest BCUT2D eigenvalue weighted by atomic mass is 16.6. The Labute approximate surface area is 57.4 Å². The molecule has 0 saturated carbocycles. The second kappa shape index (κ2) is 2.51. The lowest BCUT2D eigenvalue weighted by Gasteiger charge is -1.93. The van der Waals surface area contributed by atoms with Crippen LogP contribution in [0.1, 0.15) is 0 Å². The minimum Gasteiger partial charge on any atom is -0.458 e. The van der Waals surface area contributed by atoms with Crippen molar-refractivity contribution in [1.29, 1.82) is 0 Å². The molecule has 1 aliphatic heterocycles. The summed E-state index contributed by atoms with van der Waals surface area (Å²) < 4.78 is 9.00. The highest BCUT2D eigenvalue weighted by Crippen LogP contribution is 2.02. The Morgan fingerprint density at radius 1 is 1.10 bits per heavy atom. The van der Waals surface area contributed by atoms with Gasteiger partial charge in [0.2, 0.25) is 0 Å². The maximum absolute atomic E-state index is 10.6. The van der Waals surface area contributed by atoms with Gasteiger partial charge in [-0.1, -0.05) is 6.58 Å². The van der Waals surface area contributed by atoms with Gasteiger partial charge < -0.3 is 9.47 Å². The van der Waals surface area contributed by atoms with Crippen LogP contribution in [0, 0.1) is 0 Å². The van der Waals surface area contributed by atoms with Gasteiger partial charge in [0.25, 0.3) is 0 Å². The van der Waals surface area contributed by atoms with Gasteiger partial charge in [0, 0.05) is 0 Å². The smallest absolute Gasteiger partial charge is 0.345 e. The van der Waals surface area contributed by atoms with Crippen molar-refractivity contribution in [2.24, 2.45) is 0 Å². The van der Waals surface area contributed by atoms with Gasteiger partial charge in [-0.25, -0.2) is 9.59 Å². The van der Waals surface area contributed by atoms with Crippen LogP contribution in [0.2, 0.25) is 0 Å². The molecule has 0 aliphatic carbocycles. The SMILES string of the molecule is C=C1C(=O)OCCOC1=O. The molecule has 0 aromatic rings. The van der Waals surface area contributed by atoms with Crippen molar-refractivity contribution in [3.8, 4) is 0 Å². The molecule has 1 fully saturated rings. The summed E-state index contributed by atoms with van der Waals surface area (Å²) in [7, 11) is 0. The summed E-state index contributed by atoms with van der Waals surface area (Å²) >= 11 is 0. The lowest BCUT2D eigenvalue weighted by molar-refractivity contribution is -0.140. The first kappa shape index (κ1) is 6.80. The molecule has 10 heavy (non-hydrogen) atoms. The van der Waals surface area contributed by atoms with Crippen LogP contribution in [-0.2, 0) is 19.1 Å². The first-order chi connectivity index (χ1) is 4.72. The van der Waals surface area contributed by atoms with Gasteiger partial charge in [-0.15, -0.1) is 0 Å². The number of carbonyl (C=O) groups excluding carboxylic acids is 2. The molecule has 0 aromatic carbocycles. The third kappa shape index (κ3) is 1.15. The van der Waals surface area contributed by atoms with E-state index in [1.54, 1.807) is 0 Å². The molecule has 0 aromatic heterocycles. The van der Waals surface area contributed by atoms with E-state index >= 15 is 0 Å². The first-order valence-electron chi connectivity index (χ1n) is 2.75. The molecule has 0 bridgehead atoms. The van der Waals surface area contributed by atoms with Gasteiger partial charge >= 0.3 is 11.9 Å². The zero-order valence-corrected chi connectivity index (χ0v) is 5.25. The average molecular weight is 142 g/mol. The molecule has 1 heterocycles. The molecule has 0 radical (unpaired) electrons. The third-order valence-corrected chi connectivity index (χ3v) is 1.04. The van der Waals surface area contributed by atoms with Crippen molar-refractivity contribution < 1.29 is 19.1 Å². The van der Waals surface area contributed by atoms with Crippen LogP contribution in [-0.4, -0.2) is 25.2 Å². The van der Waals surface area contributed by atoms with E-state index in [2.05, 4.69) is 16.1 Å². The second-order valence-corrected chi connectivity index (χ2v) is 1.75. The van der Waals surface area contributed by atoms with E-state index in [4.69, 9.17) is 0 Å². The zero-order chi connectivity index (χ0) is 7.56. The molecule has 4 nitrogen and oxygen atoms in total. The Morgan fingerprint density at radius 3 is 1.90 bits per heavy atom. The summed E-state index contributed by atoms with van der Waals surface area (Å²) in [5, 5.41) is 0. The Kier molecular flexibility index (Phi) is 1.71. The fraction of sp³-hybridized carbons (Fsp3) is 0.333. The van der Waals surface area contributed by atoms with E-state index in [-0.39, 0.29) is 18.8 Å². The van der Waals surface area contributed by atoms with E-state index in [1.165, 1.54) is 0 Å². The minimum atomic E-state index is -0.692. The van der Waals surface area contributed by atoms with Gasteiger partial charge in [0.1, 0.15) is 18.8 Å². The number of ether oxygens (including phenoxy) is 2. The van der Waals surface area contributed by atoms with Gasteiger partial charge in [0.15, 0.2) is 0 Å². The molecular weight excluding hydrogens is 136 g/mol. The van der Waals surface area contributed by atoms with Gasteiger partial charge in [0.05, 0.1) is 0 Å². The molecule has 1 saturated heterocycles. The van der Waals surface area contributed by atoms with E-state index in [0.29, 0.717) is 0 Å². The quantitative estimate of drug-likeness (QED) is 0.263. The predicted octanol–water partition coefficient (Wildman–Crippen LogP) is -0.357. The summed E-state index contributed by atoms with van der Waals surface area (Å²) in [5.41, 5.74) is -0.238. The summed E-state index contributed by atoms with van der Waals surface area (Å²) in [4.78, 5) is 21.2. The molecule has 0 N–H and O–H groups in total. The second-order valence-electron chi connectivity index (χ2n) is 1.75. The van der Waals surface area contributed by atoms with Crippen molar-refractivity contribution >= 4 is 11.9 Å². The Balaban J connectivity index is 2.74. The van der Waals surface area contributed by atoms with Gasteiger partial charge in [-0.3, -0.25) is 0 Å². The maximum Gasteiger partial charge on any atom is 0.345 e. The van der Waals surface area contributed by atoms with Gasteiger partial charge in [-0.05, 0) is 0 Å². The van der Waals surface area contributed by atoms with E-state index < -0.39 is 11.9 Å². The van der Waals surface area contributed by atoms with E-state index in [9.17, 15) is 9.59 Å². The highest BCUT2D eigenvalue weighted by Gasteiger charge is 2.21. The third-order valence-electron chi connectivity index (χ3n) is 1.04. The van der Waals surface area contributed by atoms with Crippen molar-refractivity contribution in [1.82, 2.24) is 0 Å². The van der Waals surface area contributed by atoms with Crippen molar-refractivity contribution in [3.63, 3.8) is 0 Å². The van der Waals surface area contributed by atoms with Crippen molar-refractivity contribution in [2.75, 3.05) is 13.2 Å². The lowest BCUT2D eigenvalue weighted by Crippen LogP contribution is -2.10. The molecule has 0 atom stereocenters. The Bertz CT molecular complexity index is 174. The molecule has 54 valence electrons. The highest BCUT2D eigenvalue weighted by molar-refractivity contribution is 6.13. The van der Waals surface area contributed by atoms with Crippen molar-refractivity contribution in [3.05, 3.63) is 12.2 Å². The molecule has 4 heteroatoms. The molecular formula is C6H6O4. The minimum absolute atomic E-state index is 0.115. The number of rotatable bonds is 0. The number of hydrogen-bond acceptors (Lipinski definition) is 4. The predicted molar refractivity (Wildman–Crippen MR) is 31.1 cm³/mol. The molecule has 0 unspecified atom stereocenters. The monoisotopic (exact) mass is 142 g/mol. The molecule has 1 rings (SSSR count). The van der Waals surface area contributed by atoms with Crippen LogP contribution in [0.3, 0.4) is 0 Å². The maximum atomic E-state index is 10.6. The first-order valence-corrected chi connectivity index (χ1v) is 2.75. The normalized spacial score (nSPS) is 19.4. The van der Waals surface area contributed by atoms with E-state index in [1.807, 2.05) is 0 Å². The zero-order valence-electron chi connectivity index (χ0n) is 5.25. The van der Waals surface area contributed by atoms with Crippen LogP contribution < -0.4 is 0 Å². The van der Waals surface area contributed by atoms with Crippen LogP contribution in [0.5, 0.6) is 0 Å². The summed E-state index contributed by atoms with van der Waals surface area (Å²) in [6.45, 7) is 3.42. The topological polar surface area (TPSA) is 52.6 Å². The van der Waals surface area contributed by atoms with Gasteiger partial charge in [-0.2, -0.15) is 0 Å². The Hall–Kier alpha value is -1.32. The van der Waals surface area contributed by atoms with Crippen LogP contribution in [0.4, 0.5) is 0 Å². The standard InChI is InChI=1S/C6H6O4/c1-4-5(7)9-2-3-10-6(4)8/h1-3H2. The summed E-state index contributed by atoms with van der Waals surface area (Å²) in [5.74, 6) is -1.38. The average Bonchev–Trinajstić information content (AvgIpc) is 2.04. The fourth-order valence-corrected chi connectivity index (χ4v) is 0.526. The lowest BCUT2D eigenvalue weighted by atomic mass is 10.3. The number of hydrogen-bond donors (Lipinski definition) is 0. The number of esters is 2. The molecule has 0 spiro atoms. The Morgan fingerprint density at radius 2 is 1.50 bits per heavy atom. The number of carbonyl (C=O) groups is 2. The fourth-order valence-electron chi connectivity index (χ4n) is 0.526. The largest absolute Gasteiger partial charge is 0.458 e. The summed E-state index contributed by atoms with van der Waals surface area (Å²) in [6.07, 6.45) is 0. The van der Waals surface area contributed by atoms with Crippen molar-refractivity contribution in [2.45, 2.75) is 0 Å². The molecule has 0 amide bonds. The van der Waals surface area contributed by atoms with Crippen LogP contribution in [0.15, 0.2) is 12.2 Å².